The van der Waals surface area contributed by atoms with Gasteiger partial charge in [0, 0.05) is 5.56 Å². The summed E-state index contributed by atoms with van der Waals surface area (Å²) in [5.74, 6) is -0.976. The number of hydrogen-bond donors (Lipinski definition) is 0. The van der Waals surface area contributed by atoms with Crippen LogP contribution in [0.5, 0.6) is 0 Å². The molecule has 3 nitrogen and oxygen atoms in total. The highest BCUT2D eigenvalue weighted by Crippen LogP contribution is 2.37. The fraction of sp³-hybridized carbons (Fsp3) is 0.143. The second-order valence-electron chi connectivity index (χ2n) is 3.80. The Morgan fingerprint density at radius 1 is 1.50 bits per heavy atom. The molecule has 0 bridgehead atoms. The first-order valence-electron chi connectivity index (χ1n) is 5.70. The Morgan fingerprint density at radius 3 is 2.85 bits per heavy atom. The molecule has 0 amide bonds. The summed E-state index contributed by atoms with van der Waals surface area (Å²) in [6, 6.07) is 6.01. The summed E-state index contributed by atoms with van der Waals surface area (Å²) in [6.07, 6.45) is 0. The first-order chi connectivity index (χ1) is 9.56. The molecule has 0 atom stereocenters. The number of hydrogen-bond acceptors (Lipinski definition) is 3. The van der Waals surface area contributed by atoms with Gasteiger partial charge in [0.25, 0.3) is 0 Å². The summed E-state index contributed by atoms with van der Waals surface area (Å²) in [6.45, 7) is 8.86. The standard InChI is InChI=1S/C14H9BrFNO2S/c1-3-19-14(18)12-7-9(13(15)20-12)8-4-5-11(17-2)10(16)6-8/h4-7H,3H2,1H3. The van der Waals surface area contributed by atoms with Gasteiger partial charge in [-0.1, -0.05) is 12.1 Å². The predicted octanol–water partition coefficient (Wildman–Crippen LogP) is 5.04. The lowest BCUT2D eigenvalue weighted by Crippen LogP contribution is -2.01. The van der Waals surface area contributed by atoms with Gasteiger partial charge >= 0.3 is 5.97 Å². The lowest BCUT2D eigenvalue weighted by Gasteiger charge is -2.01. The molecule has 0 aliphatic rings. The van der Waals surface area contributed by atoms with Crippen LogP contribution in [-0.4, -0.2) is 12.6 Å². The second kappa shape index (κ2) is 6.16. The van der Waals surface area contributed by atoms with Gasteiger partial charge in [-0.25, -0.2) is 14.0 Å². The summed E-state index contributed by atoms with van der Waals surface area (Å²) >= 11 is 4.59. The van der Waals surface area contributed by atoms with E-state index in [4.69, 9.17) is 11.3 Å². The molecule has 2 rings (SSSR count). The highest BCUT2D eigenvalue weighted by atomic mass is 79.9. The summed E-state index contributed by atoms with van der Waals surface area (Å²) in [5.41, 5.74) is 1.28. The van der Waals surface area contributed by atoms with Gasteiger partial charge in [-0.3, -0.25) is 0 Å². The number of rotatable bonds is 3. The molecule has 0 aliphatic carbocycles. The van der Waals surface area contributed by atoms with Crippen LogP contribution in [-0.2, 0) is 4.74 Å². The van der Waals surface area contributed by atoms with Gasteiger partial charge < -0.3 is 4.74 Å². The van der Waals surface area contributed by atoms with Crippen molar-refractivity contribution >= 4 is 38.9 Å². The maximum absolute atomic E-state index is 13.6. The van der Waals surface area contributed by atoms with E-state index in [9.17, 15) is 9.18 Å². The van der Waals surface area contributed by atoms with Gasteiger partial charge in [0.05, 0.1) is 17.0 Å². The van der Waals surface area contributed by atoms with Crippen LogP contribution in [0.2, 0.25) is 0 Å². The molecule has 0 spiro atoms. The number of nitrogens with zero attached hydrogens (tertiary/aromatic N) is 1. The van der Waals surface area contributed by atoms with Crippen LogP contribution in [0.4, 0.5) is 10.1 Å². The maximum Gasteiger partial charge on any atom is 0.348 e. The van der Waals surface area contributed by atoms with Crippen molar-refractivity contribution in [3.8, 4) is 11.1 Å². The van der Waals surface area contributed by atoms with Gasteiger partial charge in [0.15, 0.2) is 0 Å². The first kappa shape index (κ1) is 14.7. The van der Waals surface area contributed by atoms with E-state index < -0.39 is 11.8 Å². The number of ether oxygens (including phenoxy) is 1. The van der Waals surface area contributed by atoms with E-state index in [1.54, 1.807) is 19.1 Å². The van der Waals surface area contributed by atoms with Crippen LogP contribution in [0.15, 0.2) is 28.1 Å². The Morgan fingerprint density at radius 2 is 2.25 bits per heavy atom. The Bertz CT molecular complexity index is 706. The molecule has 0 fully saturated rings. The number of benzene rings is 1. The molecule has 0 radical (unpaired) electrons. The summed E-state index contributed by atoms with van der Waals surface area (Å²) in [4.78, 5) is 15.2. The van der Waals surface area contributed by atoms with Crippen molar-refractivity contribution in [1.29, 1.82) is 0 Å². The Labute approximate surface area is 127 Å². The van der Waals surface area contributed by atoms with Crippen LogP contribution in [0.3, 0.4) is 0 Å². The molecular weight excluding hydrogens is 345 g/mol. The molecule has 102 valence electrons. The predicted molar refractivity (Wildman–Crippen MR) is 79.6 cm³/mol. The van der Waals surface area contributed by atoms with Crippen LogP contribution in [0.1, 0.15) is 16.6 Å². The maximum atomic E-state index is 13.6. The number of halogens is 2. The minimum atomic E-state index is -0.576. The lowest BCUT2D eigenvalue weighted by molar-refractivity contribution is 0.0532. The van der Waals surface area contributed by atoms with E-state index >= 15 is 0 Å². The molecule has 1 aromatic heterocycles. The average molecular weight is 354 g/mol. The number of carbonyl (C=O) groups excluding carboxylic acids is 1. The van der Waals surface area contributed by atoms with E-state index in [1.807, 2.05) is 0 Å². The van der Waals surface area contributed by atoms with Crippen molar-refractivity contribution in [1.82, 2.24) is 0 Å². The third-order valence-electron chi connectivity index (χ3n) is 2.54. The van der Waals surface area contributed by atoms with Crippen LogP contribution < -0.4 is 0 Å². The molecular formula is C14H9BrFNO2S. The smallest absolute Gasteiger partial charge is 0.348 e. The van der Waals surface area contributed by atoms with Crippen molar-refractivity contribution in [2.24, 2.45) is 0 Å². The highest BCUT2D eigenvalue weighted by molar-refractivity contribution is 9.11. The second-order valence-corrected chi connectivity index (χ2v) is 6.17. The molecule has 0 unspecified atom stereocenters. The zero-order valence-corrected chi connectivity index (χ0v) is 12.8. The number of thiophene rings is 1. The number of esters is 1. The molecule has 0 aliphatic heterocycles. The summed E-state index contributed by atoms with van der Waals surface area (Å²) < 4.78 is 19.3. The topological polar surface area (TPSA) is 30.7 Å². The zero-order valence-electron chi connectivity index (χ0n) is 10.4. The molecule has 1 aromatic carbocycles. The van der Waals surface area contributed by atoms with E-state index in [0.717, 1.165) is 3.79 Å². The molecule has 6 heteroatoms. The largest absolute Gasteiger partial charge is 0.462 e. The van der Waals surface area contributed by atoms with Crippen molar-refractivity contribution < 1.29 is 13.9 Å². The normalized spacial score (nSPS) is 10.1. The SMILES string of the molecule is [C-]#[N+]c1ccc(-c2cc(C(=O)OCC)sc2Br)cc1F. The van der Waals surface area contributed by atoms with E-state index in [1.165, 1.54) is 23.5 Å². The minimum absolute atomic E-state index is 0.0225. The van der Waals surface area contributed by atoms with Crippen molar-refractivity contribution in [3.63, 3.8) is 0 Å². The highest BCUT2D eigenvalue weighted by Gasteiger charge is 2.16. The van der Waals surface area contributed by atoms with Crippen LogP contribution in [0, 0.1) is 12.4 Å². The zero-order chi connectivity index (χ0) is 14.7. The molecule has 2 aromatic rings. The Kier molecular flexibility index (Phi) is 4.53. The van der Waals surface area contributed by atoms with Crippen LogP contribution in [0.25, 0.3) is 16.0 Å². The molecule has 0 saturated heterocycles. The van der Waals surface area contributed by atoms with E-state index in [0.29, 0.717) is 22.6 Å². The lowest BCUT2D eigenvalue weighted by atomic mass is 10.1. The van der Waals surface area contributed by atoms with E-state index in [2.05, 4.69) is 20.8 Å². The third-order valence-corrected chi connectivity index (χ3v) is 4.36. The van der Waals surface area contributed by atoms with Gasteiger partial charge in [-0.05, 0) is 40.5 Å². The van der Waals surface area contributed by atoms with Crippen LogP contribution >= 0.6 is 27.3 Å². The average Bonchev–Trinajstić information content (AvgIpc) is 2.81. The molecule has 0 N–H and O–H groups in total. The van der Waals surface area contributed by atoms with Crippen molar-refractivity contribution in [2.45, 2.75) is 6.92 Å². The summed E-state index contributed by atoms with van der Waals surface area (Å²) in [5, 5.41) is 0. The quantitative estimate of drug-likeness (QED) is 0.571. The van der Waals surface area contributed by atoms with Gasteiger partial charge in [0.1, 0.15) is 10.7 Å². The molecule has 20 heavy (non-hydrogen) atoms. The first-order valence-corrected chi connectivity index (χ1v) is 7.31. The van der Waals surface area contributed by atoms with Gasteiger partial charge in [-0.15, -0.1) is 11.3 Å². The molecule has 1 heterocycles. The van der Waals surface area contributed by atoms with Crippen molar-refractivity contribution in [3.05, 3.63) is 50.2 Å². The summed E-state index contributed by atoms with van der Waals surface area (Å²) in [7, 11) is 0. The third kappa shape index (κ3) is 2.89. The molecule has 0 saturated carbocycles. The fourth-order valence-corrected chi connectivity index (χ4v) is 3.30. The Balaban J connectivity index is 2.41. The van der Waals surface area contributed by atoms with E-state index in [-0.39, 0.29) is 5.69 Å². The Hall–Kier alpha value is -1.71. The van der Waals surface area contributed by atoms with Gasteiger partial charge in [0.2, 0.25) is 5.69 Å². The fourth-order valence-electron chi connectivity index (χ4n) is 1.63. The minimum Gasteiger partial charge on any atom is -0.462 e. The monoisotopic (exact) mass is 353 g/mol. The van der Waals surface area contributed by atoms with Gasteiger partial charge in [-0.2, -0.15) is 0 Å². The number of carbonyl (C=O) groups is 1. The van der Waals surface area contributed by atoms with Crippen molar-refractivity contribution in [2.75, 3.05) is 6.61 Å².